The number of amides is 1. The summed E-state index contributed by atoms with van der Waals surface area (Å²) in [6.07, 6.45) is 5.92. The Kier molecular flexibility index (Phi) is 29.1. The Labute approximate surface area is 672 Å². The fourth-order valence-corrected chi connectivity index (χ4v) is 15.8. The number of ether oxygens (including phenoxy) is 1. The molecule has 4 aliphatic rings. The van der Waals surface area contributed by atoms with Gasteiger partial charge in [0.25, 0.3) is 5.69 Å². The number of aliphatic hydroxyl groups is 3. The Hall–Kier alpha value is -11.6. The number of hydrogen-bond donors (Lipinski definition) is 8. The maximum absolute atomic E-state index is 12.7. The number of non-ortho nitro benzene ring substituents is 1. The third-order valence-corrected chi connectivity index (χ3v) is 21.7. The Morgan fingerprint density at radius 1 is 0.474 bits per heavy atom. The fourth-order valence-electron chi connectivity index (χ4n) is 15.8. The number of guanidine groups is 2. The van der Waals surface area contributed by atoms with Crippen LogP contribution in [0.3, 0.4) is 0 Å². The van der Waals surface area contributed by atoms with Gasteiger partial charge in [-0.3, -0.25) is 20.4 Å². The molecule has 0 aliphatic carbocycles. The first kappa shape index (κ1) is 83.4. The summed E-state index contributed by atoms with van der Waals surface area (Å²) in [5.74, 6) is 0.413. The number of likely N-dealkylation sites (tertiary alicyclic amines) is 1. The highest BCUT2D eigenvalue weighted by molar-refractivity contribution is 6.01. The van der Waals surface area contributed by atoms with Crippen LogP contribution in [0, 0.1) is 20.9 Å². The number of allylic oxidation sites excluding steroid dienone is 3. The number of piperazine rings is 2. The van der Waals surface area contributed by atoms with Gasteiger partial charge in [0.2, 0.25) is 0 Å². The van der Waals surface area contributed by atoms with Crippen LogP contribution in [0.1, 0.15) is 136 Å². The second-order valence-corrected chi connectivity index (χ2v) is 31.0. The lowest BCUT2D eigenvalue weighted by atomic mass is 9.86. The summed E-state index contributed by atoms with van der Waals surface area (Å²) in [6, 6.07) is 79.6. The van der Waals surface area contributed by atoms with Crippen LogP contribution >= 0.6 is 0 Å². The molecule has 9 aromatic rings. The molecule has 0 saturated carbocycles. The summed E-state index contributed by atoms with van der Waals surface area (Å²) in [4.78, 5) is 41.3. The molecule has 4 saturated heterocycles. The number of nitrogens with two attached hydrogens (primary N) is 3. The molecule has 114 heavy (non-hydrogen) atoms. The molecule has 0 bridgehead atoms. The molecule has 20 heteroatoms. The first-order chi connectivity index (χ1) is 55.1. The van der Waals surface area contributed by atoms with Crippen molar-refractivity contribution in [3.8, 4) is 5.75 Å². The zero-order valence-corrected chi connectivity index (χ0v) is 66.6. The lowest BCUT2D eigenvalue weighted by molar-refractivity contribution is -0.384. The number of hydrogen-bond acceptors (Lipinski definition) is 14. The van der Waals surface area contributed by atoms with Crippen LogP contribution in [-0.4, -0.2) is 168 Å². The van der Waals surface area contributed by atoms with Crippen LogP contribution < -0.4 is 31.9 Å². The quantitative estimate of drug-likeness (QED) is 0.00917. The number of nitrogens with zero attached hydrogens (tertiary/aromatic N) is 8. The van der Waals surface area contributed by atoms with Gasteiger partial charge in [-0.15, -0.1) is 0 Å². The lowest BCUT2D eigenvalue weighted by Gasteiger charge is -2.38. The van der Waals surface area contributed by atoms with Crippen molar-refractivity contribution in [1.29, 1.82) is 5.41 Å². The van der Waals surface area contributed by atoms with Crippen molar-refractivity contribution in [2.75, 3.05) is 113 Å². The molecule has 20 nitrogen and oxygen atoms in total. The normalized spacial score (nSPS) is 16.4. The van der Waals surface area contributed by atoms with Gasteiger partial charge in [0.1, 0.15) is 11.4 Å². The summed E-state index contributed by atoms with van der Waals surface area (Å²) >= 11 is 0. The molecule has 0 radical (unpaired) electrons. The fraction of sp³-hybridized carbons (Fsp3) is 0.330. The van der Waals surface area contributed by atoms with Crippen molar-refractivity contribution in [1.82, 2.24) is 14.7 Å². The largest absolute Gasteiger partial charge is 0.508 e. The zero-order valence-electron chi connectivity index (χ0n) is 66.6. The minimum atomic E-state index is -0.503. The van der Waals surface area contributed by atoms with Crippen LogP contribution in [0.4, 0.5) is 33.2 Å². The topological polar surface area (TPSA) is 284 Å². The minimum Gasteiger partial charge on any atom is -0.508 e. The number of aromatic hydroxyl groups is 1. The van der Waals surface area contributed by atoms with E-state index in [2.05, 4.69) is 172 Å². The summed E-state index contributed by atoms with van der Waals surface area (Å²) < 4.78 is 5.62. The van der Waals surface area contributed by atoms with Crippen molar-refractivity contribution in [3.05, 3.63) is 297 Å². The Morgan fingerprint density at radius 3 is 1.19 bits per heavy atom. The lowest BCUT2D eigenvalue weighted by Crippen LogP contribution is -2.50. The number of nitro groups is 1. The van der Waals surface area contributed by atoms with Crippen molar-refractivity contribution in [2.45, 2.75) is 97.6 Å². The molecule has 596 valence electrons. The molecule has 4 heterocycles. The van der Waals surface area contributed by atoms with E-state index in [0.29, 0.717) is 31.7 Å². The number of benzene rings is 9. The number of carbonyl (C=O) groups is 1. The van der Waals surface area contributed by atoms with Crippen molar-refractivity contribution >= 4 is 79.9 Å². The first-order valence-corrected chi connectivity index (χ1v) is 39.9. The third-order valence-electron chi connectivity index (χ3n) is 21.7. The highest BCUT2D eigenvalue weighted by Crippen LogP contribution is 2.44. The van der Waals surface area contributed by atoms with E-state index < -0.39 is 5.60 Å². The van der Waals surface area contributed by atoms with E-state index in [1.807, 2.05) is 109 Å². The van der Waals surface area contributed by atoms with E-state index in [1.54, 1.807) is 24.3 Å². The van der Waals surface area contributed by atoms with Crippen LogP contribution in [-0.2, 0) is 4.74 Å². The number of aliphatic hydroxyl groups excluding tert-OH is 3. The predicted octanol–water partition coefficient (Wildman–Crippen LogP) is 16.2. The molecule has 0 aromatic heterocycles. The smallest absolute Gasteiger partial charge is 0.410 e. The number of anilines is 3. The van der Waals surface area contributed by atoms with Crippen LogP contribution in [0.15, 0.2) is 242 Å². The Morgan fingerprint density at radius 2 is 0.833 bits per heavy atom. The van der Waals surface area contributed by atoms with E-state index >= 15 is 0 Å². The number of phenols is 1. The van der Waals surface area contributed by atoms with Gasteiger partial charge in [0.05, 0.1) is 10.6 Å². The molecule has 1 spiro atoms. The number of rotatable bonds is 24. The van der Waals surface area contributed by atoms with Gasteiger partial charge >= 0.3 is 6.09 Å². The second kappa shape index (κ2) is 39.8. The van der Waals surface area contributed by atoms with E-state index in [4.69, 9.17) is 27.3 Å². The Bertz CT molecular complexity index is 4730. The highest BCUT2D eigenvalue weighted by Gasteiger charge is 2.46. The highest BCUT2D eigenvalue weighted by atomic mass is 16.6. The van der Waals surface area contributed by atoms with Crippen LogP contribution in [0.25, 0.3) is 33.4 Å². The predicted molar refractivity (Wildman–Crippen MR) is 465 cm³/mol. The molecular weight excluding hydrogens is 1430 g/mol. The van der Waals surface area contributed by atoms with Crippen molar-refractivity contribution in [3.63, 3.8) is 0 Å². The maximum Gasteiger partial charge on any atom is 0.410 e. The molecule has 11 N–H and O–H groups in total. The molecule has 1 amide bonds. The van der Waals surface area contributed by atoms with Gasteiger partial charge in [-0.25, -0.2) is 9.79 Å². The monoisotopic (exact) mass is 1540 g/mol. The average Bonchev–Trinajstić information content (AvgIpc) is 1.45. The van der Waals surface area contributed by atoms with Crippen LogP contribution in [0.5, 0.6) is 5.75 Å². The minimum absolute atomic E-state index is 0.0428. The van der Waals surface area contributed by atoms with Gasteiger partial charge in [-0.05, 0) is 242 Å². The molecular formula is C94H112N12O8. The number of phenolic OH excluding ortho intramolecular Hbond substituents is 1. The SMILES string of the molecule is CC(C)(C)OC(=O)N1CCC2(CCN(c3ccc(/C(=C(/CCCO)c4ccccc4)c4ccc([N+](=O)[O-])cc4)cc3)C2)C1.CC(C)N1CCN(c2ccc(/C(=C(/CCCO)c3ccccc3)c3ccc(N=C(N)N)cc3)cc2)CC1.N=C(N)N1CCN(c2ccc(/C(=C(/CCCO)c3ccccc3)c3ccc(O)cc3)cc2)CC1. The van der Waals surface area contributed by atoms with Gasteiger partial charge in [0, 0.05) is 139 Å². The summed E-state index contributed by atoms with van der Waals surface area (Å²) in [5.41, 5.74) is 37.0. The number of aliphatic imine (C=N–C) groups is 1. The van der Waals surface area contributed by atoms with Gasteiger partial charge in [-0.1, -0.05) is 152 Å². The number of nitro benzene ring substituents is 1. The standard InChI is InChI=1S/C35H41N3O5.C31H39N5O.C28H32N4O2/c1-34(2,3)43-33(40)37-22-20-35(25-37)19-21-36(24-35)29-15-11-27(12-16-29)32(28-13-17-30(18-14-28)38(41)42)31(10-7-23-39)26-8-5-4-6-9-26;1-23(2)35-18-20-36(21-19-35)28-16-12-26(13-17-28)30(25-10-14-27(15-11-25)34-31(32)33)29(9-6-22-37)24-7-4-3-5-8-24;29-28(30)32-18-16-31(17-19-32)24-12-8-22(9-13-24)27(23-10-14-25(34)15-11-23)26(7-4-20-33)21-5-2-1-3-6-21/h4-6,8-9,11-18,39H,7,10,19-25H2,1-3H3;3-5,7-8,10-17,23,37H,6,9,18-22H2,1-2H3,(H4,32,33,34);1-3,5-6,8-15,33-34H,4,7,16-20H2,(H3,29,30)/b32-31+;30-29-;27-26+. The molecule has 4 aliphatic heterocycles. The van der Waals surface area contributed by atoms with Gasteiger partial charge in [-0.2, -0.15) is 0 Å². The molecule has 9 aromatic carbocycles. The molecule has 4 fully saturated rings. The third kappa shape index (κ3) is 22.2. The summed E-state index contributed by atoms with van der Waals surface area (Å²) in [7, 11) is 0. The van der Waals surface area contributed by atoms with E-state index in [9.17, 15) is 35.3 Å². The van der Waals surface area contributed by atoms with Gasteiger partial charge < -0.3 is 66.9 Å². The molecule has 1 unspecified atom stereocenters. The molecule has 1 atom stereocenters. The first-order valence-electron chi connectivity index (χ1n) is 39.9. The average molecular weight is 1540 g/mol. The molecule has 13 rings (SSSR count). The summed E-state index contributed by atoms with van der Waals surface area (Å²) in [6.45, 7) is 21.2. The number of nitrogens with one attached hydrogen (secondary N) is 1. The van der Waals surface area contributed by atoms with Crippen molar-refractivity contribution < 1.29 is 34.9 Å². The van der Waals surface area contributed by atoms with Gasteiger partial charge in [0.15, 0.2) is 11.9 Å². The van der Waals surface area contributed by atoms with E-state index in [1.165, 1.54) is 16.8 Å². The number of carbonyl (C=O) groups excluding carboxylic acids is 1. The van der Waals surface area contributed by atoms with E-state index in [-0.39, 0.29) is 59.6 Å². The van der Waals surface area contributed by atoms with Crippen LogP contribution in [0.2, 0.25) is 0 Å². The Balaban J connectivity index is 0.000000170. The maximum atomic E-state index is 12.7. The summed E-state index contributed by atoms with van der Waals surface area (Å²) in [5, 5.41) is 57.8. The van der Waals surface area contributed by atoms with E-state index in [0.717, 1.165) is 194 Å². The zero-order chi connectivity index (χ0) is 80.7. The van der Waals surface area contributed by atoms with Crippen molar-refractivity contribution in [2.24, 2.45) is 27.6 Å². The second-order valence-electron chi connectivity index (χ2n) is 31.0.